The second kappa shape index (κ2) is 3.99. The van der Waals surface area contributed by atoms with E-state index in [1.165, 1.54) is 11.8 Å². The Morgan fingerprint density at radius 1 is 1.14 bits per heavy atom. The number of rotatable bonds is 0. The number of nitrogens with zero attached hydrogens (tertiary/aromatic N) is 1. The number of anilines is 3. The van der Waals surface area contributed by atoms with Crippen LogP contribution in [0.25, 0.3) is 0 Å². The maximum absolute atomic E-state index is 12.1. The van der Waals surface area contributed by atoms with Gasteiger partial charge in [0.15, 0.2) is 0 Å². The molecule has 2 aliphatic heterocycles. The molecule has 2 unspecified atom stereocenters. The minimum absolute atomic E-state index is 0.207. The van der Waals surface area contributed by atoms with Crippen molar-refractivity contribution in [3.05, 3.63) is 54.1 Å². The minimum atomic E-state index is -1.50. The smallest absolute Gasteiger partial charge is 0.248 e. The van der Waals surface area contributed by atoms with Gasteiger partial charge in [-0.25, -0.2) is 0 Å². The van der Waals surface area contributed by atoms with E-state index in [0.29, 0.717) is 0 Å². The van der Waals surface area contributed by atoms with Crippen molar-refractivity contribution in [1.82, 2.24) is 0 Å². The van der Waals surface area contributed by atoms with Crippen molar-refractivity contribution in [1.29, 1.82) is 0 Å². The number of para-hydroxylation sites is 3. The van der Waals surface area contributed by atoms with Crippen molar-refractivity contribution >= 4 is 23.0 Å². The van der Waals surface area contributed by atoms with E-state index < -0.39 is 11.9 Å². The molecule has 2 aromatic rings. The highest BCUT2D eigenvalue weighted by Gasteiger charge is 2.55. The van der Waals surface area contributed by atoms with Gasteiger partial charge < -0.3 is 15.7 Å². The first-order valence-corrected chi connectivity index (χ1v) is 6.87. The quantitative estimate of drug-likeness (QED) is 0.693. The van der Waals surface area contributed by atoms with E-state index >= 15 is 0 Å². The van der Waals surface area contributed by atoms with E-state index in [9.17, 15) is 9.90 Å². The zero-order valence-electron chi connectivity index (χ0n) is 11.5. The molecular weight excluding hydrogens is 266 g/mol. The Kier molecular flexibility index (Phi) is 2.32. The maximum atomic E-state index is 12.1. The number of carbonyl (C=O) groups excluding carboxylic acids is 1. The van der Waals surface area contributed by atoms with Crippen LogP contribution >= 0.6 is 0 Å². The Morgan fingerprint density at radius 2 is 1.81 bits per heavy atom. The number of nitrogens with one attached hydrogen (secondary N) is 2. The number of benzene rings is 2. The van der Waals surface area contributed by atoms with Gasteiger partial charge in [-0.15, -0.1) is 0 Å². The molecule has 3 N–H and O–H groups in total. The van der Waals surface area contributed by atoms with Crippen LogP contribution in [0.1, 0.15) is 18.5 Å². The molecule has 106 valence electrons. The van der Waals surface area contributed by atoms with E-state index in [-0.39, 0.29) is 5.91 Å². The second-order valence-corrected chi connectivity index (χ2v) is 5.39. The molecule has 0 aliphatic carbocycles. The van der Waals surface area contributed by atoms with Crippen molar-refractivity contribution in [3.63, 3.8) is 0 Å². The summed E-state index contributed by atoms with van der Waals surface area (Å²) < 4.78 is 0. The lowest BCUT2D eigenvalue weighted by Crippen LogP contribution is -2.60. The lowest BCUT2D eigenvalue weighted by Gasteiger charge is -2.42. The van der Waals surface area contributed by atoms with Crippen molar-refractivity contribution in [2.45, 2.75) is 18.8 Å². The van der Waals surface area contributed by atoms with Crippen LogP contribution in [0.3, 0.4) is 0 Å². The lowest BCUT2D eigenvalue weighted by molar-refractivity contribution is -0.120. The Balaban J connectivity index is 1.92. The lowest BCUT2D eigenvalue weighted by atomic mass is 10.0. The predicted octanol–water partition coefficient (Wildman–Crippen LogP) is 2.28. The van der Waals surface area contributed by atoms with E-state index in [1.807, 2.05) is 48.5 Å². The normalized spacial score (nSPS) is 25.2. The SMILES string of the molecule is CC(=O)N1c2ccccc2C2Nc3ccccc3NC21O. The van der Waals surface area contributed by atoms with Crippen molar-refractivity contribution in [2.24, 2.45) is 0 Å². The number of fused-ring (bicyclic) bond motifs is 4. The van der Waals surface area contributed by atoms with Crippen LogP contribution in [0.2, 0.25) is 0 Å². The van der Waals surface area contributed by atoms with Crippen LogP contribution in [0.4, 0.5) is 17.1 Å². The van der Waals surface area contributed by atoms with Crippen LogP contribution in [0, 0.1) is 0 Å². The van der Waals surface area contributed by atoms with Crippen molar-refractivity contribution in [2.75, 3.05) is 15.5 Å². The number of aliphatic hydroxyl groups is 1. The first kappa shape index (κ1) is 12.2. The summed E-state index contributed by atoms with van der Waals surface area (Å²) in [6.45, 7) is 1.46. The minimum Gasteiger partial charge on any atom is -0.370 e. The molecule has 0 bridgehead atoms. The summed E-state index contributed by atoms with van der Waals surface area (Å²) in [7, 11) is 0. The van der Waals surface area contributed by atoms with Gasteiger partial charge in [0.05, 0.1) is 17.1 Å². The van der Waals surface area contributed by atoms with Crippen molar-refractivity contribution < 1.29 is 9.90 Å². The van der Waals surface area contributed by atoms with E-state index in [0.717, 1.165) is 22.6 Å². The third-order valence-electron chi connectivity index (χ3n) is 4.09. The monoisotopic (exact) mass is 281 g/mol. The van der Waals surface area contributed by atoms with Gasteiger partial charge in [0, 0.05) is 12.5 Å². The Bertz CT molecular complexity index is 746. The summed E-state index contributed by atoms with van der Waals surface area (Å²) >= 11 is 0. The molecule has 5 nitrogen and oxygen atoms in total. The highest BCUT2D eigenvalue weighted by Crippen LogP contribution is 2.50. The zero-order valence-corrected chi connectivity index (χ0v) is 11.5. The van der Waals surface area contributed by atoms with E-state index in [1.54, 1.807) is 0 Å². The third kappa shape index (κ3) is 1.52. The third-order valence-corrected chi connectivity index (χ3v) is 4.09. The van der Waals surface area contributed by atoms with Gasteiger partial charge in [-0.3, -0.25) is 9.69 Å². The molecule has 0 saturated carbocycles. The van der Waals surface area contributed by atoms with Gasteiger partial charge in [-0.1, -0.05) is 30.3 Å². The highest BCUT2D eigenvalue weighted by atomic mass is 16.3. The topological polar surface area (TPSA) is 64.6 Å². The largest absolute Gasteiger partial charge is 0.370 e. The molecular formula is C16H15N3O2. The summed E-state index contributed by atoms with van der Waals surface area (Å²) in [4.78, 5) is 13.5. The fraction of sp³-hybridized carbons (Fsp3) is 0.188. The fourth-order valence-corrected chi connectivity index (χ4v) is 3.25. The molecule has 2 atom stereocenters. The molecule has 0 saturated heterocycles. The molecule has 2 aliphatic rings. The fourth-order valence-electron chi connectivity index (χ4n) is 3.25. The second-order valence-electron chi connectivity index (χ2n) is 5.39. The van der Waals surface area contributed by atoms with Crippen LogP contribution < -0.4 is 15.5 Å². The highest BCUT2D eigenvalue weighted by molar-refractivity contribution is 5.97. The molecule has 1 amide bonds. The molecule has 0 radical (unpaired) electrons. The zero-order chi connectivity index (χ0) is 14.6. The van der Waals surface area contributed by atoms with Gasteiger partial charge in [-0.2, -0.15) is 0 Å². The Labute approximate surface area is 122 Å². The standard InChI is InChI=1S/C16H15N3O2/c1-10(20)19-14-9-5-2-6-11(14)15-16(19,21)18-13-8-4-3-7-12(13)17-15/h2-9,15,17-18,21H,1H3. The maximum Gasteiger partial charge on any atom is 0.248 e. The number of hydrogen-bond donors (Lipinski definition) is 3. The van der Waals surface area contributed by atoms with Gasteiger partial charge in [-0.05, 0) is 18.2 Å². The molecule has 0 aromatic heterocycles. The number of carbonyl (C=O) groups is 1. The summed E-state index contributed by atoms with van der Waals surface area (Å²) in [6, 6.07) is 14.8. The molecule has 4 rings (SSSR count). The first-order valence-electron chi connectivity index (χ1n) is 6.87. The number of hydrogen-bond acceptors (Lipinski definition) is 4. The van der Waals surface area contributed by atoms with Crippen LogP contribution in [-0.4, -0.2) is 16.9 Å². The van der Waals surface area contributed by atoms with Crippen molar-refractivity contribution in [3.8, 4) is 0 Å². The van der Waals surface area contributed by atoms with E-state index in [2.05, 4.69) is 10.6 Å². The van der Waals surface area contributed by atoms with Gasteiger partial charge in [0.2, 0.25) is 11.8 Å². The summed E-state index contributed by atoms with van der Waals surface area (Å²) in [5.41, 5.74) is 3.31. The average Bonchev–Trinajstić information content (AvgIpc) is 2.72. The van der Waals surface area contributed by atoms with Crippen LogP contribution in [0.15, 0.2) is 48.5 Å². The Morgan fingerprint density at radius 3 is 2.57 bits per heavy atom. The molecule has 2 heterocycles. The van der Waals surface area contributed by atoms with Crippen LogP contribution in [0.5, 0.6) is 0 Å². The van der Waals surface area contributed by atoms with Gasteiger partial charge in [0.25, 0.3) is 0 Å². The first-order chi connectivity index (χ1) is 10.1. The molecule has 21 heavy (non-hydrogen) atoms. The molecule has 0 spiro atoms. The van der Waals surface area contributed by atoms with Crippen LogP contribution in [-0.2, 0) is 4.79 Å². The predicted molar refractivity (Wildman–Crippen MR) is 81.0 cm³/mol. The van der Waals surface area contributed by atoms with Gasteiger partial charge in [0.1, 0.15) is 6.04 Å². The van der Waals surface area contributed by atoms with E-state index in [4.69, 9.17) is 0 Å². The van der Waals surface area contributed by atoms with Gasteiger partial charge >= 0.3 is 0 Å². The summed E-state index contributed by atoms with van der Waals surface area (Å²) in [6.07, 6.45) is 0. The summed E-state index contributed by atoms with van der Waals surface area (Å²) in [5.74, 6) is -1.70. The average molecular weight is 281 g/mol. The molecule has 5 heteroatoms. The molecule has 0 fully saturated rings. The Hall–Kier alpha value is -2.53. The number of amides is 1. The molecule has 2 aromatic carbocycles. The summed E-state index contributed by atoms with van der Waals surface area (Å²) in [5, 5.41) is 17.6.